The third kappa shape index (κ3) is 4.85. The maximum atomic E-state index is 13.3. The normalized spacial score (nSPS) is 24.1. The minimum absolute atomic E-state index is 0.0656. The summed E-state index contributed by atoms with van der Waals surface area (Å²) >= 11 is 0. The molecule has 2 amide bonds. The Morgan fingerprint density at radius 1 is 1.24 bits per heavy atom. The first-order valence-electron chi connectivity index (χ1n) is 12.1. The Balaban J connectivity index is 1.53. The molecule has 0 radical (unpaired) electrons. The van der Waals surface area contributed by atoms with Gasteiger partial charge >= 0.3 is 0 Å². The van der Waals surface area contributed by atoms with Crippen LogP contribution in [0.25, 0.3) is 22.2 Å². The average Bonchev–Trinajstić information content (AvgIpc) is 3.43. The molecule has 3 aromatic heterocycles. The summed E-state index contributed by atoms with van der Waals surface area (Å²) in [5.41, 5.74) is 8.38. The number of primary amides is 1. The van der Waals surface area contributed by atoms with E-state index in [1.807, 2.05) is 52.2 Å². The fourth-order valence-corrected chi connectivity index (χ4v) is 5.13. The summed E-state index contributed by atoms with van der Waals surface area (Å²) < 4.78 is 9.03. The lowest BCUT2D eigenvalue weighted by molar-refractivity contribution is -0.127. The van der Waals surface area contributed by atoms with Crippen molar-refractivity contribution in [3.63, 3.8) is 0 Å². The number of aryl methyl sites for hydroxylation is 1. The van der Waals surface area contributed by atoms with Crippen molar-refractivity contribution in [1.82, 2.24) is 40.1 Å². The number of aromatic nitrogens is 5. The largest absolute Gasteiger partial charge is 0.373 e. The van der Waals surface area contributed by atoms with Gasteiger partial charge in [-0.25, -0.2) is 4.52 Å². The first-order chi connectivity index (χ1) is 17.6. The molecule has 194 valence electrons. The number of allylic oxidation sites excluding steroid dienone is 2. The number of morpholine rings is 1. The molecule has 0 saturated carbocycles. The summed E-state index contributed by atoms with van der Waals surface area (Å²) in [5, 5.41) is 18.9. The summed E-state index contributed by atoms with van der Waals surface area (Å²) in [7, 11) is 1.84. The smallest absolute Gasteiger partial charge is 0.271 e. The van der Waals surface area contributed by atoms with Gasteiger partial charge in [0.15, 0.2) is 5.69 Å². The van der Waals surface area contributed by atoms with Crippen molar-refractivity contribution in [2.75, 3.05) is 19.6 Å². The molecule has 0 spiro atoms. The standard InChI is InChI=1S/C25H31N9O3/c1-15-10-33(11-16(2)37-15)14-22(35)29-25(3)20(6-5-7-27-25)18-8-21-23(24(26)36)30-31-34(21)13-19(18)17-9-28-32(4)12-17/h5-9,12-13,15-16,27H,10-11,14H2,1-4H3,(H2,26,36)(H,29,35)/t15-,16+,25?. The molecule has 12 heteroatoms. The van der Waals surface area contributed by atoms with Crippen LogP contribution < -0.4 is 16.4 Å². The molecule has 37 heavy (non-hydrogen) atoms. The molecule has 5 rings (SSSR count). The summed E-state index contributed by atoms with van der Waals surface area (Å²) in [4.78, 5) is 27.4. The number of ether oxygens (including phenoxy) is 1. The van der Waals surface area contributed by atoms with Crippen LogP contribution in [0.5, 0.6) is 0 Å². The SMILES string of the molecule is C[C@@H]1CN(CC(=O)NC2(C)NC=CC=C2c2cc3c(C(N)=O)nnn3cc2-c2cnn(C)c2)C[C@H](C)O1. The minimum atomic E-state index is -0.939. The van der Waals surface area contributed by atoms with E-state index in [0.29, 0.717) is 18.6 Å². The minimum Gasteiger partial charge on any atom is -0.373 e. The highest BCUT2D eigenvalue weighted by Crippen LogP contribution is 2.36. The van der Waals surface area contributed by atoms with E-state index < -0.39 is 11.6 Å². The van der Waals surface area contributed by atoms with Crippen LogP contribution in [0.2, 0.25) is 0 Å². The number of dihydropyridines is 1. The van der Waals surface area contributed by atoms with Gasteiger partial charge in [0.25, 0.3) is 5.91 Å². The second-order valence-electron chi connectivity index (χ2n) is 9.84. The van der Waals surface area contributed by atoms with Gasteiger partial charge in [-0.05, 0) is 44.7 Å². The highest BCUT2D eigenvalue weighted by molar-refractivity contribution is 5.99. The number of carbonyl (C=O) groups is 2. The monoisotopic (exact) mass is 505 g/mol. The molecule has 4 N–H and O–H groups in total. The van der Waals surface area contributed by atoms with Crippen molar-refractivity contribution >= 4 is 22.9 Å². The molecule has 1 unspecified atom stereocenters. The first-order valence-corrected chi connectivity index (χ1v) is 12.1. The number of fused-ring (bicyclic) bond motifs is 1. The van der Waals surface area contributed by atoms with E-state index in [0.717, 1.165) is 22.3 Å². The number of nitrogens with two attached hydrogens (primary N) is 1. The first kappa shape index (κ1) is 24.7. The van der Waals surface area contributed by atoms with E-state index >= 15 is 0 Å². The van der Waals surface area contributed by atoms with Gasteiger partial charge in [0.2, 0.25) is 5.91 Å². The number of nitrogens with zero attached hydrogens (tertiary/aromatic N) is 6. The molecular formula is C25H31N9O3. The van der Waals surface area contributed by atoms with Gasteiger partial charge in [0, 0.05) is 49.2 Å². The van der Waals surface area contributed by atoms with Gasteiger partial charge in [-0.15, -0.1) is 5.10 Å². The number of amides is 2. The highest BCUT2D eigenvalue weighted by atomic mass is 16.5. The maximum absolute atomic E-state index is 13.3. The number of rotatable bonds is 6. The lowest BCUT2D eigenvalue weighted by Crippen LogP contribution is -2.59. The quantitative estimate of drug-likeness (QED) is 0.443. The lowest BCUT2D eigenvalue weighted by Gasteiger charge is -2.38. The predicted molar refractivity (Wildman–Crippen MR) is 137 cm³/mol. The lowest BCUT2D eigenvalue weighted by atomic mass is 9.87. The number of carbonyl (C=O) groups excluding carboxylic acids is 2. The molecule has 2 aliphatic rings. The van der Waals surface area contributed by atoms with Crippen LogP contribution in [-0.2, 0) is 16.6 Å². The topological polar surface area (TPSA) is 145 Å². The molecule has 1 fully saturated rings. The summed E-state index contributed by atoms with van der Waals surface area (Å²) in [6.45, 7) is 7.56. The van der Waals surface area contributed by atoms with Gasteiger partial charge in [-0.2, -0.15) is 5.10 Å². The van der Waals surface area contributed by atoms with Crippen molar-refractivity contribution in [2.24, 2.45) is 12.8 Å². The Kier molecular flexibility index (Phi) is 6.30. The van der Waals surface area contributed by atoms with Gasteiger partial charge in [-0.1, -0.05) is 11.3 Å². The summed E-state index contributed by atoms with van der Waals surface area (Å²) in [5.74, 6) is -0.791. The Bertz CT molecular complexity index is 1410. The zero-order chi connectivity index (χ0) is 26.3. The van der Waals surface area contributed by atoms with Crippen molar-refractivity contribution in [1.29, 1.82) is 0 Å². The van der Waals surface area contributed by atoms with Crippen LogP contribution in [0.4, 0.5) is 0 Å². The second kappa shape index (κ2) is 9.45. The third-order valence-corrected chi connectivity index (χ3v) is 6.61. The number of nitrogens with one attached hydrogen (secondary N) is 2. The number of hydrogen-bond donors (Lipinski definition) is 3. The fourth-order valence-electron chi connectivity index (χ4n) is 5.13. The van der Waals surface area contributed by atoms with Crippen molar-refractivity contribution in [2.45, 2.75) is 38.6 Å². The van der Waals surface area contributed by atoms with E-state index in [1.54, 1.807) is 23.3 Å². The Morgan fingerprint density at radius 2 is 2.00 bits per heavy atom. The number of hydrogen-bond acceptors (Lipinski definition) is 8. The van der Waals surface area contributed by atoms with Crippen LogP contribution in [0, 0.1) is 0 Å². The summed E-state index contributed by atoms with van der Waals surface area (Å²) in [6, 6.07) is 1.82. The Labute approximate surface area is 214 Å². The third-order valence-electron chi connectivity index (χ3n) is 6.61. The molecule has 3 atom stereocenters. The van der Waals surface area contributed by atoms with E-state index in [2.05, 4.69) is 30.9 Å². The fraction of sp³-hybridized carbons (Fsp3) is 0.400. The van der Waals surface area contributed by atoms with Gasteiger partial charge in [0.1, 0.15) is 11.2 Å². The second-order valence-corrected chi connectivity index (χ2v) is 9.84. The molecule has 1 saturated heterocycles. The van der Waals surface area contributed by atoms with Crippen LogP contribution in [-0.4, -0.2) is 78.8 Å². The molecule has 0 aliphatic carbocycles. The maximum Gasteiger partial charge on any atom is 0.271 e. The van der Waals surface area contributed by atoms with Gasteiger partial charge < -0.3 is 21.1 Å². The van der Waals surface area contributed by atoms with Crippen LogP contribution in [0.1, 0.15) is 36.8 Å². The van der Waals surface area contributed by atoms with E-state index in [4.69, 9.17) is 10.5 Å². The van der Waals surface area contributed by atoms with Crippen molar-refractivity contribution < 1.29 is 14.3 Å². The average molecular weight is 506 g/mol. The molecule has 0 aromatic carbocycles. The Hall–Kier alpha value is -4.03. The zero-order valence-electron chi connectivity index (χ0n) is 21.3. The summed E-state index contributed by atoms with van der Waals surface area (Å²) in [6.07, 6.45) is 11.2. The zero-order valence-corrected chi connectivity index (χ0v) is 21.3. The molecule has 0 bridgehead atoms. The predicted octanol–water partition coefficient (Wildman–Crippen LogP) is 0.671. The van der Waals surface area contributed by atoms with Crippen LogP contribution >= 0.6 is 0 Å². The molecule has 3 aromatic rings. The van der Waals surface area contributed by atoms with E-state index in [-0.39, 0.29) is 30.4 Å². The van der Waals surface area contributed by atoms with E-state index in [1.165, 1.54) is 4.52 Å². The van der Waals surface area contributed by atoms with Gasteiger partial charge in [-0.3, -0.25) is 19.2 Å². The molecular weight excluding hydrogens is 474 g/mol. The molecule has 5 heterocycles. The number of pyridine rings is 1. The van der Waals surface area contributed by atoms with Crippen LogP contribution in [0.3, 0.4) is 0 Å². The van der Waals surface area contributed by atoms with Gasteiger partial charge in [0.05, 0.1) is 24.9 Å². The van der Waals surface area contributed by atoms with Crippen LogP contribution in [0.15, 0.2) is 43.0 Å². The molecule has 12 nitrogen and oxygen atoms in total. The highest BCUT2D eigenvalue weighted by Gasteiger charge is 2.35. The van der Waals surface area contributed by atoms with Crippen molar-refractivity contribution in [3.05, 3.63) is 54.3 Å². The van der Waals surface area contributed by atoms with Crippen molar-refractivity contribution in [3.8, 4) is 11.1 Å². The van der Waals surface area contributed by atoms with E-state index in [9.17, 15) is 9.59 Å². The Morgan fingerprint density at radius 3 is 2.68 bits per heavy atom. The molecule has 2 aliphatic heterocycles.